The first kappa shape index (κ1) is 16.7. The van der Waals surface area contributed by atoms with Crippen LogP contribution in [0.1, 0.15) is 40.0 Å². The molecule has 3 nitrogen and oxygen atoms in total. The van der Waals surface area contributed by atoms with Crippen molar-refractivity contribution in [2.24, 2.45) is 0 Å². The average molecular weight is 312 g/mol. The lowest BCUT2D eigenvalue weighted by Gasteiger charge is -2.35. The highest BCUT2D eigenvalue weighted by atomic mass is 31.3. The van der Waals surface area contributed by atoms with Gasteiger partial charge in [0, 0.05) is 18.5 Å². The minimum Gasteiger partial charge on any atom is -0.323 e. The molecule has 0 aromatic carbocycles. The van der Waals surface area contributed by atoms with E-state index < -0.39 is 21.4 Å². The van der Waals surface area contributed by atoms with E-state index in [1.807, 2.05) is 20.8 Å². The molecule has 0 saturated carbocycles. The van der Waals surface area contributed by atoms with Gasteiger partial charge in [0.25, 0.3) is 0 Å². The summed E-state index contributed by atoms with van der Waals surface area (Å²) in [5, 5.41) is 0. The van der Waals surface area contributed by atoms with Crippen LogP contribution in [0.5, 0.6) is 0 Å². The molecule has 1 aliphatic rings. The molecular weight excluding hydrogens is 285 g/mol. The fourth-order valence-corrected chi connectivity index (χ4v) is 23.8. The van der Waals surface area contributed by atoms with Gasteiger partial charge in [-0.1, -0.05) is 20.8 Å². The van der Waals surface area contributed by atoms with Gasteiger partial charge in [-0.25, -0.2) is 0 Å². The highest BCUT2D eigenvalue weighted by Crippen LogP contribution is 2.78. The average Bonchev–Trinajstić information content (AvgIpc) is 2.14. The molecule has 0 unspecified atom stereocenters. The van der Waals surface area contributed by atoms with Gasteiger partial charge < -0.3 is 13.7 Å². The maximum Gasteiger partial charge on any atom is 0.102 e. The molecule has 0 spiro atoms. The van der Waals surface area contributed by atoms with Crippen LogP contribution in [0.2, 0.25) is 0 Å². The molecule has 108 valence electrons. The van der Waals surface area contributed by atoms with Gasteiger partial charge in [-0.2, -0.15) is 0 Å². The van der Waals surface area contributed by atoms with Crippen molar-refractivity contribution in [3.63, 3.8) is 0 Å². The standard InChI is InChI=1S/C12H27O3P3/c1-4-7-16(13)10-17(14,8-5-2)12-18(15,11-16)9-6-3/h4-12H2,1-3H3. The van der Waals surface area contributed by atoms with E-state index in [0.717, 1.165) is 19.3 Å². The molecule has 0 bridgehead atoms. The van der Waals surface area contributed by atoms with Crippen LogP contribution in [0.3, 0.4) is 0 Å². The normalized spacial score (nSPS) is 40.8. The van der Waals surface area contributed by atoms with Gasteiger partial charge in [0.15, 0.2) is 0 Å². The summed E-state index contributed by atoms with van der Waals surface area (Å²) >= 11 is 0. The van der Waals surface area contributed by atoms with Crippen molar-refractivity contribution in [2.45, 2.75) is 40.0 Å². The van der Waals surface area contributed by atoms with Crippen LogP contribution < -0.4 is 0 Å². The highest BCUT2D eigenvalue weighted by molar-refractivity contribution is 7.96. The zero-order valence-electron chi connectivity index (χ0n) is 11.9. The monoisotopic (exact) mass is 312 g/mol. The van der Waals surface area contributed by atoms with E-state index in [0.29, 0.717) is 36.2 Å². The van der Waals surface area contributed by atoms with Gasteiger partial charge in [-0.05, 0) is 19.3 Å². The molecular formula is C12H27O3P3. The van der Waals surface area contributed by atoms with Gasteiger partial charge in [-0.15, -0.1) is 0 Å². The molecule has 1 fully saturated rings. The number of hydrogen-bond acceptors (Lipinski definition) is 3. The molecule has 0 N–H and O–H groups in total. The predicted molar refractivity (Wildman–Crippen MR) is 82.9 cm³/mol. The first-order valence-electron chi connectivity index (χ1n) is 7.02. The second kappa shape index (κ2) is 6.43. The van der Waals surface area contributed by atoms with Gasteiger partial charge in [-0.3, -0.25) is 0 Å². The van der Waals surface area contributed by atoms with E-state index >= 15 is 0 Å². The Morgan fingerprint density at radius 1 is 0.611 bits per heavy atom. The minimum absolute atomic E-state index is 0.398. The smallest absolute Gasteiger partial charge is 0.102 e. The molecule has 0 radical (unpaired) electrons. The van der Waals surface area contributed by atoms with Crippen LogP contribution >= 0.6 is 21.4 Å². The Balaban J connectivity index is 3.03. The van der Waals surface area contributed by atoms with Gasteiger partial charge in [0.1, 0.15) is 21.4 Å². The Bertz CT molecular complexity index is 337. The highest BCUT2D eigenvalue weighted by Gasteiger charge is 2.46. The molecule has 0 aromatic rings. The van der Waals surface area contributed by atoms with Crippen molar-refractivity contribution in [3.8, 4) is 0 Å². The van der Waals surface area contributed by atoms with Crippen LogP contribution in [0.4, 0.5) is 0 Å². The predicted octanol–water partition coefficient (Wildman–Crippen LogP) is 5.19. The summed E-state index contributed by atoms with van der Waals surface area (Å²) < 4.78 is 38.6. The summed E-state index contributed by atoms with van der Waals surface area (Å²) in [5.74, 6) is 1.19. The van der Waals surface area contributed by atoms with Gasteiger partial charge in [0.2, 0.25) is 0 Å². The maximum absolute atomic E-state index is 12.9. The summed E-state index contributed by atoms with van der Waals surface area (Å²) in [5.41, 5.74) is 0. The van der Waals surface area contributed by atoms with Crippen molar-refractivity contribution in [1.82, 2.24) is 0 Å². The first-order chi connectivity index (χ1) is 8.30. The molecule has 0 atom stereocenters. The largest absolute Gasteiger partial charge is 0.323 e. The fraction of sp³-hybridized carbons (Fsp3) is 1.00. The topological polar surface area (TPSA) is 51.2 Å². The quantitative estimate of drug-likeness (QED) is 0.634. The van der Waals surface area contributed by atoms with Crippen LogP contribution in [-0.4, -0.2) is 36.2 Å². The summed E-state index contributed by atoms with van der Waals surface area (Å²) in [6, 6.07) is 0. The maximum atomic E-state index is 12.9. The van der Waals surface area contributed by atoms with E-state index in [2.05, 4.69) is 0 Å². The summed E-state index contributed by atoms with van der Waals surface area (Å²) in [4.78, 5) is 0. The number of hydrogen-bond donors (Lipinski definition) is 0. The molecule has 0 aliphatic carbocycles. The van der Waals surface area contributed by atoms with Crippen LogP contribution in [-0.2, 0) is 13.7 Å². The van der Waals surface area contributed by atoms with Crippen molar-refractivity contribution in [2.75, 3.05) is 36.2 Å². The fourth-order valence-electron chi connectivity index (χ4n) is 3.19. The number of rotatable bonds is 6. The molecule has 1 rings (SSSR count). The third kappa shape index (κ3) is 4.36. The van der Waals surface area contributed by atoms with E-state index in [1.54, 1.807) is 0 Å². The summed E-state index contributed by atoms with van der Waals surface area (Å²) in [6.07, 6.45) is 4.43. The molecule has 1 heterocycles. The Morgan fingerprint density at radius 2 is 0.833 bits per heavy atom. The SMILES string of the molecule is CCCP1(=O)CP(=O)(CCC)CP(=O)(CCC)C1. The summed E-state index contributed by atoms with van der Waals surface area (Å²) in [7, 11) is -7.33. The Kier molecular flexibility index (Phi) is 5.98. The zero-order valence-corrected chi connectivity index (χ0v) is 14.6. The van der Waals surface area contributed by atoms with Gasteiger partial charge >= 0.3 is 0 Å². The molecule has 0 amide bonds. The lowest BCUT2D eigenvalue weighted by Crippen LogP contribution is -2.15. The zero-order chi connectivity index (χ0) is 13.9. The van der Waals surface area contributed by atoms with E-state index in [4.69, 9.17) is 0 Å². The van der Waals surface area contributed by atoms with Crippen molar-refractivity contribution >= 4 is 21.4 Å². The van der Waals surface area contributed by atoms with Crippen LogP contribution in [0.15, 0.2) is 0 Å². The van der Waals surface area contributed by atoms with E-state index in [1.165, 1.54) is 0 Å². The Hall–Kier alpha value is 0.690. The Morgan fingerprint density at radius 3 is 1.00 bits per heavy atom. The lowest BCUT2D eigenvalue weighted by molar-refractivity contribution is 0.560. The van der Waals surface area contributed by atoms with Crippen molar-refractivity contribution < 1.29 is 13.7 Å². The molecule has 1 saturated heterocycles. The minimum atomic E-state index is -2.44. The van der Waals surface area contributed by atoms with E-state index in [9.17, 15) is 13.7 Å². The van der Waals surface area contributed by atoms with E-state index in [-0.39, 0.29) is 0 Å². The third-order valence-corrected chi connectivity index (χ3v) is 19.6. The summed E-state index contributed by atoms with van der Waals surface area (Å²) in [6.45, 7) is 6.01. The Labute approximate surface area is 112 Å². The third-order valence-electron chi connectivity index (χ3n) is 3.44. The first-order valence-corrected chi connectivity index (χ1v) is 13.8. The molecule has 6 heteroatoms. The van der Waals surface area contributed by atoms with Crippen molar-refractivity contribution in [3.05, 3.63) is 0 Å². The second-order valence-electron chi connectivity index (χ2n) is 5.77. The van der Waals surface area contributed by atoms with Gasteiger partial charge in [0.05, 0.1) is 17.7 Å². The molecule has 0 aromatic heterocycles. The van der Waals surface area contributed by atoms with Crippen LogP contribution in [0.25, 0.3) is 0 Å². The second-order valence-corrected chi connectivity index (χ2v) is 16.9. The molecule has 1 aliphatic heterocycles. The lowest BCUT2D eigenvalue weighted by atomic mass is 10.6. The van der Waals surface area contributed by atoms with Crippen LogP contribution in [0, 0.1) is 0 Å². The van der Waals surface area contributed by atoms with Crippen molar-refractivity contribution in [1.29, 1.82) is 0 Å². The molecule has 18 heavy (non-hydrogen) atoms.